The lowest BCUT2D eigenvalue weighted by Gasteiger charge is -2.35. The molecule has 0 radical (unpaired) electrons. The van der Waals surface area contributed by atoms with E-state index in [0.717, 1.165) is 27.6 Å². The molecule has 6 nitrogen and oxygen atoms in total. The van der Waals surface area contributed by atoms with Crippen molar-refractivity contribution in [3.8, 4) is 5.75 Å². The van der Waals surface area contributed by atoms with Crippen molar-refractivity contribution in [2.75, 3.05) is 5.32 Å². The molecule has 1 amide bonds. The van der Waals surface area contributed by atoms with Crippen LogP contribution in [0.1, 0.15) is 11.1 Å². The Morgan fingerprint density at radius 2 is 1.70 bits per heavy atom. The van der Waals surface area contributed by atoms with Gasteiger partial charge in [0.1, 0.15) is 17.6 Å². The highest BCUT2D eigenvalue weighted by Crippen LogP contribution is 2.30. The average Bonchev–Trinajstić information content (AvgIpc) is 2.73. The highest BCUT2D eigenvalue weighted by atomic mass is 32.2. The van der Waals surface area contributed by atoms with Gasteiger partial charge in [-0.25, -0.2) is 12.8 Å². The van der Waals surface area contributed by atoms with Crippen LogP contribution in [0.5, 0.6) is 5.75 Å². The first-order chi connectivity index (χ1) is 14.3. The molecule has 0 aromatic heterocycles. The zero-order chi connectivity index (χ0) is 21.3. The Balaban J connectivity index is 1.71. The first-order valence-electron chi connectivity index (χ1n) is 9.29. The highest BCUT2D eigenvalue weighted by Gasteiger charge is 2.39. The maximum Gasteiger partial charge on any atom is 0.244 e. The summed E-state index contributed by atoms with van der Waals surface area (Å²) in [7, 11) is -4.06. The summed E-state index contributed by atoms with van der Waals surface area (Å²) >= 11 is 0. The van der Waals surface area contributed by atoms with Crippen LogP contribution in [0, 0.1) is 5.82 Å². The third-order valence-corrected chi connectivity index (χ3v) is 6.91. The zero-order valence-electron chi connectivity index (χ0n) is 15.8. The molecule has 2 N–H and O–H groups in total. The molecule has 4 rings (SSSR count). The molecule has 154 valence electrons. The van der Waals surface area contributed by atoms with Gasteiger partial charge in [0.05, 0.1) is 4.90 Å². The molecule has 0 aliphatic carbocycles. The smallest absolute Gasteiger partial charge is 0.244 e. The quantitative estimate of drug-likeness (QED) is 0.670. The Bertz CT molecular complexity index is 1200. The second kappa shape index (κ2) is 7.89. The fourth-order valence-electron chi connectivity index (χ4n) is 3.53. The van der Waals surface area contributed by atoms with Crippen LogP contribution < -0.4 is 5.32 Å². The lowest BCUT2D eigenvalue weighted by molar-refractivity contribution is -0.120. The van der Waals surface area contributed by atoms with E-state index in [0.29, 0.717) is 5.69 Å². The molecular weight excluding hydrogens is 407 g/mol. The van der Waals surface area contributed by atoms with Gasteiger partial charge in [0.15, 0.2) is 0 Å². The van der Waals surface area contributed by atoms with Crippen LogP contribution in [0.2, 0.25) is 0 Å². The number of carbonyl (C=O) groups excluding carboxylic acids is 1. The monoisotopic (exact) mass is 426 g/mol. The Morgan fingerprint density at radius 3 is 2.40 bits per heavy atom. The van der Waals surface area contributed by atoms with Crippen molar-refractivity contribution in [3.63, 3.8) is 0 Å². The van der Waals surface area contributed by atoms with Crippen molar-refractivity contribution in [1.82, 2.24) is 4.31 Å². The van der Waals surface area contributed by atoms with E-state index in [9.17, 15) is 22.7 Å². The normalized spacial score (nSPS) is 16.6. The van der Waals surface area contributed by atoms with Gasteiger partial charge >= 0.3 is 0 Å². The van der Waals surface area contributed by atoms with E-state index < -0.39 is 27.8 Å². The minimum atomic E-state index is -4.06. The zero-order valence-corrected chi connectivity index (χ0v) is 16.6. The van der Waals surface area contributed by atoms with Crippen LogP contribution in [-0.2, 0) is 27.8 Å². The molecule has 3 aromatic carbocycles. The maximum atomic E-state index is 13.3. The summed E-state index contributed by atoms with van der Waals surface area (Å²) in [6.07, 6.45) is 0.196. The van der Waals surface area contributed by atoms with Gasteiger partial charge < -0.3 is 10.4 Å². The van der Waals surface area contributed by atoms with Crippen LogP contribution in [0.3, 0.4) is 0 Å². The Labute approximate surface area is 173 Å². The largest absolute Gasteiger partial charge is 0.508 e. The molecule has 30 heavy (non-hydrogen) atoms. The van der Waals surface area contributed by atoms with Gasteiger partial charge in [0.2, 0.25) is 15.9 Å². The lowest BCUT2D eigenvalue weighted by Crippen LogP contribution is -2.50. The molecule has 0 spiro atoms. The minimum absolute atomic E-state index is 0.0161. The first kappa shape index (κ1) is 20.1. The molecule has 1 aliphatic heterocycles. The number of halogens is 1. The van der Waals surface area contributed by atoms with E-state index in [1.807, 2.05) is 24.3 Å². The summed E-state index contributed by atoms with van der Waals surface area (Å²) in [5, 5.41) is 12.3. The Hall–Kier alpha value is -3.23. The maximum absolute atomic E-state index is 13.3. The molecule has 8 heteroatoms. The van der Waals surface area contributed by atoms with E-state index in [1.54, 1.807) is 12.1 Å². The van der Waals surface area contributed by atoms with E-state index in [2.05, 4.69) is 5.32 Å². The lowest BCUT2D eigenvalue weighted by atomic mass is 9.95. The molecule has 0 saturated carbocycles. The van der Waals surface area contributed by atoms with E-state index in [-0.39, 0.29) is 23.6 Å². The average molecular weight is 426 g/mol. The predicted molar refractivity (Wildman–Crippen MR) is 110 cm³/mol. The first-order valence-corrected chi connectivity index (χ1v) is 10.7. The fourth-order valence-corrected chi connectivity index (χ4v) is 5.09. The minimum Gasteiger partial charge on any atom is -0.508 e. The number of anilines is 1. The van der Waals surface area contributed by atoms with Gasteiger partial charge in [-0.1, -0.05) is 30.3 Å². The van der Waals surface area contributed by atoms with Crippen LogP contribution in [0.15, 0.2) is 77.7 Å². The van der Waals surface area contributed by atoms with Crippen molar-refractivity contribution in [2.45, 2.75) is 23.9 Å². The van der Waals surface area contributed by atoms with Crippen LogP contribution in [0.25, 0.3) is 0 Å². The van der Waals surface area contributed by atoms with Gasteiger partial charge in [0.25, 0.3) is 0 Å². The van der Waals surface area contributed by atoms with Crippen molar-refractivity contribution in [2.24, 2.45) is 0 Å². The second-order valence-electron chi connectivity index (χ2n) is 7.03. The second-order valence-corrected chi connectivity index (χ2v) is 8.92. The summed E-state index contributed by atoms with van der Waals surface area (Å²) < 4.78 is 41.1. The molecular formula is C22H19FN2O4S. The molecule has 0 saturated heterocycles. The standard InChI is InChI=1S/C22H19FN2O4S/c23-17-8-10-20(11-9-17)30(28,29)25-14-16-5-2-1-4-15(16)12-21(25)22(27)24-18-6-3-7-19(26)13-18/h1-11,13,21,26H,12,14H2,(H,24,27). The topological polar surface area (TPSA) is 86.7 Å². The SMILES string of the molecule is O=C(Nc1cccc(O)c1)C1Cc2ccccc2CN1S(=O)(=O)c1ccc(F)cc1. The van der Waals surface area contributed by atoms with E-state index >= 15 is 0 Å². The summed E-state index contributed by atoms with van der Waals surface area (Å²) in [6, 6.07) is 16.9. The van der Waals surface area contributed by atoms with Gasteiger partial charge in [-0.05, 0) is 53.9 Å². The van der Waals surface area contributed by atoms with Gasteiger partial charge in [-0.15, -0.1) is 0 Å². The molecule has 1 aliphatic rings. The third kappa shape index (κ3) is 3.92. The molecule has 1 atom stereocenters. The van der Waals surface area contributed by atoms with Gasteiger partial charge in [0, 0.05) is 18.3 Å². The number of sulfonamides is 1. The number of nitrogens with zero attached hydrogens (tertiary/aromatic N) is 1. The number of nitrogens with one attached hydrogen (secondary N) is 1. The number of hydrogen-bond donors (Lipinski definition) is 2. The van der Waals surface area contributed by atoms with Crippen molar-refractivity contribution < 1.29 is 22.7 Å². The summed E-state index contributed by atoms with van der Waals surface area (Å²) in [5.74, 6) is -1.07. The van der Waals surface area contributed by atoms with Gasteiger partial charge in [-0.2, -0.15) is 4.31 Å². The molecule has 0 fully saturated rings. The van der Waals surface area contributed by atoms with Crippen molar-refractivity contribution in [1.29, 1.82) is 0 Å². The number of phenols is 1. The number of benzene rings is 3. The Morgan fingerprint density at radius 1 is 1.00 bits per heavy atom. The molecule has 3 aromatic rings. The fraction of sp³-hybridized carbons (Fsp3) is 0.136. The van der Waals surface area contributed by atoms with E-state index in [1.165, 1.54) is 24.3 Å². The van der Waals surface area contributed by atoms with Crippen LogP contribution in [-0.4, -0.2) is 29.8 Å². The summed E-state index contributed by atoms with van der Waals surface area (Å²) in [6.45, 7) is 0.0218. The number of rotatable bonds is 4. The van der Waals surface area contributed by atoms with E-state index in [4.69, 9.17) is 0 Å². The number of phenolic OH excluding ortho intramolecular Hbond substituents is 1. The summed E-state index contributed by atoms with van der Waals surface area (Å²) in [5.41, 5.74) is 2.06. The number of hydrogen-bond acceptors (Lipinski definition) is 4. The van der Waals surface area contributed by atoms with Gasteiger partial charge in [-0.3, -0.25) is 4.79 Å². The number of aromatic hydroxyl groups is 1. The van der Waals surface area contributed by atoms with Crippen LogP contribution in [0.4, 0.5) is 10.1 Å². The number of fused-ring (bicyclic) bond motifs is 1. The molecule has 1 heterocycles. The Kier molecular flexibility index (Phi) is 5.27. The number of amides is 1. The predicted octanol–water partition coefficient (Wildman–Crippen LogP) is 3.29. The summed E-state index contributed by atoms with van der Waals surface area (Å²) in [4.78, 5) is 13.0. The molecule has 1 unspecified atom stereocenters. The highest BCUT2D eigenvalue weighted by molar-refractivity contribution is 7.89. The number of carbonyl (C=O) groups is 1. The third-order valence-electron chi connectivity index (χ3n) is 5.04. The van der Waals surface area contributed by atoms with Crippen molar-refractivity contribution in [3.05, 3.63) is 89.7 Å². The van der Waals surface area contributed by atoms with Crippen LogP contribution >= 0.6 is 0 Å². The molecule has 0 bridgehead atoms. The van der Waals surface area contributed by atoms with Crippen molar-refractivity contribution >= 4 is 21.6 Å².